The van der Waals surface area contributed by atoms with E-state index < -0.39 is 35.0 Å². The van der Waals surface area contributed by atoms with E-state index in [0.717, 1.165) is 32.1 Å². The summed E-state index contributed by atoms with van der Waals surface area (Å²) in [6.45, 7) is 13.5. The Morgan fingerprint density at radius 1 is 1.04 bits per heavy atom. The molecule has 256 valence electrons. The molecule has 1 saturated carbocycles. The molecule has 2 bridgehead atoms. The van der Waals surface area contributed by atoms with Gasteiger partial charge in [-0.2, -0.15) is 0 Å². The maximum absolute atomic E-state index is 14.6. The van der Waals surface area contributed by atoms with Crippen molar-refractivity contribution in [3.63, 3.8) is 0 Å². The lowest BCUT2D eigenvalue weighted by molar-refractivity contribution is -0.167. The molecule has 1 aliphatic carbocycles. The number of esters is 2. The summed E-state index contributed by atoms with van der Waals surface area (Å²) in [5, 5.41) is 0. The first-order chi connectivity index (χ1) is 22.2. The Morgan fingerprint density at radius 2 is 1.81 bits per heavy atom. The number of amides is 1. The summed E-state index contributed by atoms with van der Waals surface area (Å²) in [5.41, 5.74) is 0.575. The lowest BCUT2D eigenvalue weighted by Crippen LogP contribution is -2.50. The molecule has 0 spiro atoms. The van der Waals surface area contributed by atoms with E-state index in [-0.39, 0.29) is 36.9 Å². The normalized spacial score (nSPS) is 27.9. The minimum absolute atomic E-state index is 0.0576. The van der Waals surface area contributed by atoms with Gasteiger partial charge in [0.2, 0.25) is 11.8 Å². The first kappa shape index (κ1) is 34.6. The number of benzene rings is 1. The fraction of sp³-hybridized carbons (Fsp3) is 0.649. The molecule has 0 radical (unpaired) electrons. The molecule has 2 aromatic rings. The van der Waals surface area contributed by atoms with Gasteiger partial charge in [-0.3, -0.25) is 9.59 Å². The van der Waals surface area contributed by atoms with Crippen molar-refractivity contribution < 1.29 is 33.3 Å². The average molecular weight is 650 g/mol. The lowest BCUT2D eigenvalue weighted by atomic mass is 9.77. The van der Waals surface area contributed by atoms with Crippen LogP contribution in [0.3, 0.4) is 0 Å². The van der Waals surface area contributed by atoms with E-state index in [1.54, 1.807) is 12.0 Å². The molecule has 2 fully saturated rings. The number of allylic oxidation sites excluding steroid dienone is 1. The average Bonchev–Trinajstić information content (AvgIpc) is 3.62. The molecule has 1 aromatic heterocycles. The number of nitrogens with zero attached hydrogens (tertiary/aromatic N) is 3. The first-order valence-electron chi connectivity index (χ1n) is 17.1. The first-order valence-corrected chi connectivity index (χ1v) is 17.1. The zero-order valence-electron chi connectivity index (χ0n) is 29.2. The monoisotopic (exact) mass is 649 g/mol. The molecule has 1 aromatic carbocycles. The van der Waals surface area contributed by atoms with Crippen LogP contribution in [0.1, 0.15) is 99.1 Å². The van der Waals surface area contributed by atoms with Crippen molar-refractivity contribution in [2.75, 3.05) is 13.7 Å². The largest absolute Gasteiger partial charge is 0.497 e. The van der Waals surface area contributed by atoms with Gasteiger partial charge in [0.25, 0.3) is 0 Å². The molecule has 1 amide bonds. The van der Waals surface area contributed by atoms with Crippen LogP contribution in [0.4, 0.5) is 0 Å². The van der Waals surface area contributed by atoms with E-state index in [1.165, 1.54) is 0 Å². The van der Waals surface area contributed by atoms with Gasteiger partial charge < -0.3 is 23.8 Å². The van der Waals surface area contributed by atoms with Gasteiger partial charge in [0.15, 0.2) is 0 Å². The standard InChI is InChI=1S/C37H51N3O7/c1-9-13-24-30-21-40(32(24)35(43)47-37(5,6)7)34(42)25(36(2,3)4)20-31(41)45-29-18-22(29)14-11-10-12-15-27-33(46-30)39-28-19-23(44-8)16-17-26(28)38-27/h12,15-17,19,22,24-25,29-30,32H,9-11,13-14,18,20-21H2,1-8H3/b15-12+/t22-,24-,25-,29-,30+,32+/m1/s1. The van der Waals surface area contributed by atoms with Crippen molar-refractivity contribution in [1.82, 2.24) is 14.9 Å². The number of hydrogen-bond donors (Lipinski definition) is 0. The third-order valence-electron chi connectivity index (χ3n) is 9.35. The van der Waals surface area contributed by atoms with Crippen molar-refractivity contribution in [2.45, 2.75) is 117 Å². The minimum atomic E-state index is -0.894. The predicted molar refractivity (Wildman–Crippen MR) is 179 cm³/mol. The van der Waals surface area contributed by atoms with Crippen LogP contribution in [-0.2, 0) is 23.9 Å². The van der Waals surface area contributed by atoms with Gasteiger partial charge in [-0.05, 0) is 82.4 Å². The molecule has 2 aliphatic heterocycles. The van der Waals surface area contributed by atoms with Crippen LogP contribution in [0, 0.1) is 23.2 Å². The number of fused-ring (bicyclic) bond motifs is 5. The molecule has 5 rings (SSSR count). The van der Waals surface area contributed by atoms with Crippen molar-refractivity contribution in [2.24, 2.45) is 23.2 Å². The van der Waals surface area contributed by atoms with Gasteiger partial charge >= 0.3 is 11.9 Å². The number of hydrogen-bond acceptors (Lipinski definition) is 9. The minimum Gasteiger partial charge on any atom is -0.497 e. The highest BCUT2D eigenvalue weighted by Gasteiger charge is 2.53. The van der Waals surface area contributed by atoms with Crippen molar-refractivity contribution in [1.29, 1.82) is 0 Å². The van der Waals surface area contributed by atoms with Crippen LogP contribution in [0.2, 0.25) is 0 Å². The van der Waals surface area contributed by atoms with E-state index in [9.17, 15) is 14.4 Å². The summed E-state index contributed by atoms with van der Waals surface area (Å²) >= 11 is 0. The quantitative estimate of drug-likeness (QED) is 0.341. The molecule has 0 N–H and O–H groups in total. The fourth-order valence-electron chi connectivity index (χ4n) is 6.78. The maximum atomic E-state index is 14.6. The summed E-state index contributed by atoms with van der Waals surface area (Å²) in [7, 11) is 1.60. The number of carbonyl (C=O) groups is 3. The maximum Gasteiger partial charge on any atom is 0.329 e. The molecular weight excluding hydrogens is 598 g/mol. The Bertz CT molecular complexity index is 1510. The second kappa shape index (κ2) is 13.8. The summed E-state index contributed by atoms with van der Waals surface area (Å²) in [5.74, 6) is -0.890. The van der Waals surface area contributed by atoms with Crippen molar-refractivity contribution >= 4 is 35.0 Å². The summed E-state index contributed by atoms with van der Waals surface area (Å²) in [4.78, 5) is 53.2. The Morgan fingerprint density at radius 3 is 2.49 bits per heavy atom. The highest BCUT2D eigenvalue weighted by molar-refractivity contribution is 5.90. The molecule has 3 heterocycles. The van der Waals surface area contributed by atoms with E-state index in [4.69, 9.17) is 28.9 Å². The molecule has 1 saturated heterocycles. The van der Waals surface area contributed by atoms with Crippen molar-refractivity contribution in [3.8, 4) is 11.6 Å². The third-order valence-corrected chi connectivity index (χ3v) is 9.35. The van der Waals surface area contributed by atoms with E-state index in [0.29, 0.717) is 40.7 Å². The fourth-order valence-corrected chi connectivity index (χ4v) is 6.78. The van der Waals surface area contributed by atoms with E-state index in [1.807, 2.05) is 72.7 Å². The number of rotatable bonds is 4. The van der Waals surface area contributed by atoms with Gasteiger partial charge in [-0.15, -0.1) is 0 Å². The zero-order chi connectivity index (χ0) is 34.1. The number of carbonyl (C=O) groups excluding carboxylic acids is 3. The third kappa shape index (κ3) is 8.25. The van der Waals surface area contributed by atoms with Gasteiger partial charge in [0.05, 0.1) is 37.0 Å². The number of ether oxygens (including phenoxy) is 4. The summed E-state index contributed by atoms with van der Waals surface area (Å²) in [6, 6.07) is 4.64. The van der Waals surface area contributed by atoms with E-state index >= 15 is 0 Å². The smallest absolute Gasteiger partial charge is 0.329 e. The Hall–Kier alpha value is -3.69. The molecule has 47 heavy (non-hydrogen) atoms. The Labute approximate surface area is 278 Å². The Balaban J connectivity index is 1.60. The van der Waals surface area contributed by atoms with E-state index in [2.05, 4.69) is 6.08 Å². The summed E-state index contributed by atoms with van der Waals surface area (Å²) in [6.07, 6.45) is 8.21. The topological polar surface area (TPSA) is 117 Å². The second-order valence-electron chi connectivity index (χ2n) is 15.3. The molecule has 6 atom stereocenters. The number of methoxy groups -OCH3 is 1. The molecule has 10 heteroatoms. The van der Waals surface area contributed by atoms with Crippen LogP contribution in [0.15, 0.2) is 24.3 Å². The predicted octanol–water partition coefficient (Wildman–Crippen LogP) is 6.54. The molecular formula is C37H51N3O7. The van der Waals surface area contributed by atoms with Crippen LogP contribution in [-0.4, -0.2) is 70.2 Å². The van der Waals surface area contributed by atoms with Gasteiger partial charge in [0, 0.05) is 12.0 Å². The van der Waals surface area contributed by atoms with Gasteiger partial charge in [0.1, 0.15) is 35.3 Å². The van der Waals surface area contributed by atoms with Crippen LogP contribution in [0.25, 0.3) is 17.1 Å². The second-order valence-corrected chi connectivity index (χ2v) is 15.3. The summed E-state index contributed by atoms with van der Waals surface area (Å²) < 4.78 is 24.0. The van der Waals surface area contributed by atoms with Crippen LogP contribution < -0.4 is 9.47 Å². The van der Waals surface area contributed by atoms with Crippen LogP contribution in [0.5, 0.6) is 11.6 Å². The van der Waals surface area contributed by atoms with Crippen molar-refractivity contribution in [3.05, 3.63) is 30.0 Å². The van der Waals surface area contributed by atoms with Crippen LogP contribution >= 0.6 is 0 Å². The lowest BCUT2D eigenvalue weighted by Gasteiger charge is -2.35. The van der Waals surface area contributed by atoms with Gasteiger partial charge in [-0.1, -0.05) is 40.2 Å². The zero-order valence-corrected chi connectivity index (χ0v) is 29.2. The molecule has 3 aliphatic rings. The SMILES string of the molecule is CCC[C@@H]1[C@@H]2CN(C(=O)[C@H](C(C)(C)C)CC(=O)O[C@@H]3C[C@H]3CCC/C=C/c3nc4ccc(OC)cc4nc3O2)[C@@H]1C(=O)OC(C)(C)C. The molecule has 10 nitrogen and oxygen atoms in total. The number of aromatic nitrogens is 2. The molecule has 0 unspecified atom stereocenters. The highest BCUT2D eigenvalue weighted by Crippen LogP contribution is 2.41. The Kier molecular flexibility index (Phi) is 10.2. The highest BCUT2D eigenvalue weighted by atomic mass is 16.6. The van der Waals surface area contributed by atoms with Gasteiger partial charge in [-0.25, -0.2) is 14.8 Å².